The normalized spacial score (nSPS) is 10.9. The van der Waals surface area contributed by atoms with E-state index in [1.165, 1.54) is 36.1 Å². The molecule has 0 aliphatic heterocycles. The summed E-state index contributed by atoms with van der Waals surface area (Å²) in [5.74, 6) is -1.50. The van der Waals surface area contributed by atoms with Gasteiger partial charge >= 0.3 is 0 Å². The largest absolute Gasteiger partial charge is 0.326 e. The van der Waals surface area contributed by atoms with Crippen LogP contribution in [0.4, 0.5) is 26.6 Å². The van der Waals surface area contributed by atoms with Crippen molar-refractivity contribution in [1.82, 2.24) is 4.98 Å². The fourth-order valence-corrected chi connectivity index (χ4v) is 3.61. The Morgan fingerprint density at radius 2 is 1.67 bits per heavy atom. The van der Waals surface area contributed by atoms with Crippen LogP contribution in [0.25, 0.3) is 6.08 Å². The van der Waals surface area contributed by atoms with E-state index in [2.05, 4.69) is 15.6 Å². The van der Waals surface area contributed by atoms with Crippen LogP contribution in [0.1, 0.15) is 26.5 Å². The molecule has 3 rings (SSSR count). The Morgan fingerprint density at radius 3 is 2.27 bits per heavy atom. The molecule has 2 aromatic carbocycles. The number of hydrogen-bond acceptors (Lipinski definition) is 5. The van der Waals surface area contributed by atoms with E-state index >= 15 is 0 Å². The van der Waals surface area contributed by atoms with Gasteiger partial charge in [-0.2, -0.15) is 0 Å². The number of hydrogen-bond donors (Lipinski definition) is 2. The van der Waals surface area contributed by atoms with Gasteiger partial charge in [0.1, 0.15) is 5.82 Å². The summed E-state index contributed by atoms with van der Waals surface area (Å²) in [7, 11) is 0. The molecule has 0 bridgehead atoms. The number of carbonyl (C=O) groups excluding carboxylic acids is 3. The number of rotatable bonds is 7. The zero-order valence-corrected chi connectivity index (χ0v) is 19.2. The Labute approximate surface area is 195 Å². The van der Waals surface area contributed by atoms with Gasteiger partial charge in [-0.05, 0) is 42.5 Å². The molecule has 2 N–H and O–H groups in total. The minimum atomic E-state index is -0.533. The second-order valence-corrected chi connectivity index (χ2v) is 8.24. The second kappa shape index (κ2) is 10.6. The summed E-state index contributed by atoms with van der Waals surface area (Å²) in [5, 5.41) is 7.47. The quantitative estimate of drug-likeness (QED) is 0.468. The van der Waals surface area contributed by atoms with Gasteiger partial charge in [-0.15, -0.1) is 11.3 Å². The van der Waals surface area contributed by atoms with Crippen molar-refractivity contribution in [3.05, 3.63) is 71.5 Å². The van der Waals surface area contributed by atoms with Crippen LogP contribution in [0.15, 0.2) is 60.0 Å². The molecule has 3 amide bonds. The summed E-state index contributed by atoms with van der Waals surface area (Å²) >= 11 is 1.16. The van der Waals surface area contributed by atoms with E-state index in [4.69, 9.17) is 0 Å². The number of benzene rings is 2. The molecular weight excluding hydrogens is 443 g/mol. The number of anilines is 4. The number of nitrogens with one attached hydrogen (secondary N) is 2. The molecule has 170 valence electrons. The third-order valence-corrected chi connectivity index (χ3v) is 5.30. The van der Waals surface area contributed by atoms with Crippen LogP contribution in [-0.2, 0) is 14.4 Å². The van der Waals surface area contributed by atoms with Gasteiger partial charge in [0.25, 0.3) is 0 Å². The highest BCUT2D eigenvalue weighted by Crippen LogP contribution is 2.31. The Bertz CT molecular complexity index is 1190. The van der Waals surface area contributed by atoms with Gasteiger partial charge in [0.15, 0.2) is 5.13 Å². The molecule has 0 radical (unpaired) electrons. The van der Waals surface area contributed by atoms with E-state index < -0.39 is 5.82 Å². The van der Waals surface area contributed by atoms with E-state index in [-0.39, 0.29) is 29.3 Å². The van der Waals surface area contributed by atoms with E-state index in [1.807, 2.05) is 0 Å². The summed E-state index contributed by atoms with van der Waals surface area (Å²) in [6, 6.07) is 12.7. The van der Waals surface area contributed by atoms with Crippen molar-refractivity contribution >= 4 is 57.3 Å². The first-order valence-corrected chi connectivity index (χ1v) is 11.0. The lowest BCUT2D eigenvalue weighted by Crippen LogP contribution is -2.23. The van der Waals surface area contributed by atoms with Gasteiger partial charge < -0.3 is 10.6 Å². The Balaban J connectivity index is 1.65. The zero-order valence-electron chi connectivity index (χ0n) is 18.3. The summed E-state index contributed by atoms with van der Waals surface area (Å²) in [6.45, 7) is 4.94. The maximum atomic E-state index is 14.2. The van der Waals surface area contributed by atoms with Crippen LogP contribution < -0.4 is 15.5 Å². The fraction of sp³-hybridized carbons (Fsp3) is 0.167. The number of para-hydroxylation sites is 1. The van der Waals surface area contributed by atoms with Crippen LogP contribution in [0.5, 0.6) is 0 Å². The van der Waals surface area contributed by atoms with Crippen molar-refractivity contribution in [2.45, 2.75) is 20.8 Å². The fourth-order valence-electron chi connectivity index (χ4n) is 2.76. The monoisotopic (exact) mass is 466 g/mol. The highest BCUT2D eigenvalue weighted by atomic mass is 32.1. The van der Waals surface area contributed by atoms with Crippen molar-refractivity contribution in [3.63, 3.8) is 0 Å². The predicted molar refractivity (Wildman–Crippen MR) is 129 cm³/mol. The Morgan fingerprint density at radius 1 is 1.03 bits per heavy atom. The van der Waals surface area contributed by atoms with Gasteiger partial charge in [-0.3, -0.25) is 19.3 Å². The first-order chi connectivity index (χ1) is 15.7. The van der Waals surface area contributed by atoms with Crippen molar-refractivity contribution < 1.29 is 18.8 Å². The minimum absolute atomic E-state index is 0.0873. The van der Waals surface area contributed by atoms with Crippen LogP contribution in [-0.4, -0.2) is 22.7 Å². The molecule has 1 aromatic heterocycles. The van der Waals surface area contributed by atoms with Crippen molar-refractivity contribution in [3.8, 4) is 0 Å². The third kappa shape index (κ3) is 6.33. The third-order valence-electron chi connectivity index (χ3n) is 4.46. The Kier molecular flexibility index (Phi) is 7.68. The van der Waals surface area contributed by atoms with Gasteiger partial charge in [0, 0.05) is 35.7 Å². The minimum Gasteiger partial charge on any atom is -0.326 e. The molecule has 33 heavy (non-hydrogen) atoms. The summed E-state index contributed by atoms with van der Waals surface area (Å²) < 4.78 is 14.2. The topological polar surface area (TPSA) is 91.4 Å². The molecule has 0 aliphatic carbocycles. The van der Waals surface area contributed by atoms with E-state index in [0.29, 0.717) is 22.2 Å². The molecule has 1 heterocycles. The molecular formula is C24H23FN4O3S. The van der Waals surface area contributed by atoms with Crippen LogP contribution >= 0.6 is 11.3 Å². The second-order valence-electron chi connectivity index (χ2n) is 7.40. The number of nitrogens with zero attached hydrogens (tertiary/aromatic N) is 2. The number of thiazole rings is 1. The summed E-state index contributed by atoms with van der Waals surface area (Å²) in [5.41, 5.74) is 1.77. The molecule has 7 nitrogen and oxygen atoms in total. The SMILES string of the molecule is CC(=O)N(c1nc(/C=C/C(=O)Nc2ccc(NC(=O)C(C)C)cc2)cs1)c1ccccc1F. The molecule has 0 atom stereocenters. The van der Waals surface area contributed by atoms with Gasteiger partial charge in [0.05, 0.1) is 11.4 Å². The lowest BCUT2D eigenvalue weighted by atomic mass is 10.2. The number of aromatic nitrogens is 1. The molecule has 0 saturated heterocycles. The Hall–Kier alpha value is -3.85. The van der Waals surface area contributed by atoms with Crippen LogP contribution in [0.3, 0.4) is 0 Å². The van der Waals surface area contributed by atoms with Crippen molar-refractivity contribution in [2.75, 3.05) is 15.5 Å². The zero-order chi connectivity index (χ0) is 24.0. The molecule has 0 spiro atoms. The van der Waals surface area contributed by atoms with Crippen LogP contribution in [0.2, 0.25) is 0 Å². The standard InChI is InChI=1S/C24H23FN4O3S/c1-15(2)23(32)27-18-10-8-17(9-11-18)26-22(31)13-12-19-14-33-24(28-19)29(16(3)30)21-7-5-4-6-20(21)25/h4-15H,1-3H3,(H,26,31)(H,27,32)/b13-12+. The van der Waals surface area contributed by atoms with Gasteiger partial charge in [-0.1, -0.05) is 26.0 Å². The number of carbonyl (C=O) groups is 3. The van der Waals surface area contributed by atoms with Crippen molar-refractivity contribution in [2.24, 2.45) is 5.92 Å². The lowest BCUT2D eigenvalue weighted by Gasteiger charge is -2.18. The van der Waals surface area contributed by atoms with Gasteiger partial charge in [0.2, 0.25) is 17.7 Å². The number of amides is 3. The average molecular weight is 467 g/mol. The average Bonchev–Trinajstić information content (AvgIpc) is 3.23. The molecule has 3 aromatic rings. The molecule has 0 saturated carbocycles. The highest BCUT2D eigenvalue weighted by molar-refractivity contribution is 7.14. The molecule has 0 fully saturated rings. The summed E-state index contributed by atoms with van der Waals surface area (Å²) in [6.07, 6.45) is 2.82. The summed E-state index contributed by atoms with van der Waals surface area (Å²) in [4.78, 5) is 41.6. The van der Waals surface area contributed by atoms with E-state index in [0.717, 1.165) is 11.3 Å². The van der Waals surface area contributed by atoms with Gasteiger partial charge in [-0.25, -0.2) is 9.37 Å². The predicted octanol–water partition coefficient (Wildman–Crippen LogP) is 5.21. The first-order valence-electron chi connectivity index (χ1n) is 10.2. The molecule has 0 aliphatic rings. The first kappa shape index (κ1) is 23.8. The van der Waals surface area contributed by atoms with Crippen LogP contribution in [0, 0.1) is 11.7 Å². The molecule has 9 heteroatoms. The van der Waals surface area contributed by atoms with Crippen molar-refractivity contribution in [1.29, 1.82) is 0 Å². The van der Waals surface area contributed by atoms with E-state index in [1.54, 1.807) is 55.6 Å². The highest BCUT2D eigenvalue weighted by Gasteiger charge is 2.20. The smallest absolute Gasteiger partial charge is 0.248 e. The maximum Gasteiger partial charge on any atom is 0.248 e. The molecule has 0 unspecified atom stereocenters. The lowest BCUT2D eigenvalue weighted by molar-refractivity contribution is -0.119. The number of halogens is 1. The van der Waals surface area contributed by atoms with E-state index in [9.17, 15) is 18.8 Å². The maximum absolute atomic E-state index is 14.2.